The summed E-state index contributed by atoms with van der Waals surface area (Å²) in [4.78, 5) is 14.0. The third-order valence-corrected chi connectivity index (χ3v) is 4.62. The van der Waals surface area contributed by atoms with Gasteiger partial charge in [0.25, 0.3) is 0 Å². The SMILES string of the molecule is CCc1ccccc1OCCNC(=O)N1CCC2(CC1)OCCO2. The molecular weight excluding hydrogens is 308 g/mol. The summed E-state index contributed by atoms with van der Waals surface area (Å²) in [5.41, 5.74) is 1.18. The number of benzene rings is 1. The molecule has 2 heterocycles. The van der Waals surface area contributed by atoms with Gasteiger partial charge >= 0.3 is 6.03 Å². The summed E-state index contributed by atoms with van der Waals surface area (Å²) in [5.74, 6) is 0.453. The Morgan fingerprint density at radius 3 is 2.67 bits per heavy atom. The Kier molecular flexibility index (Phi) is 5.58. The number of rotatable bonds is 5. The highest BCUT2D eigenvalue weighted by Crippen LogP contribution is 2.31. The van der Waals surface area contributed by atoms with Crippen LogP contribution in [0, 0.1) is 0 Å². The lowest BCUT2D eigenvalue weighted by Gasteiger charge is -2.37. The summed E-state index contributed by atoms with van der Waals surface area (Å²) < 4.78 is 17.1. The fraction of sp³-hybridized carbons (Fsp3) is 0.611. The number of amides is 2. The zero-order chi connectivity index (χ0) is 16.8. The van der Waals surface area contributed by atoms with Crippen LogP contribution in [0.25, 0.3) is 0 Å². The normalized spacial score (nSPS) is 19.5. The van der Waals surface area contributed by atoms with E-state index in [1.54, 1.807) is 0 Å². The van der Waals surface area contributed by atoms with Crippen molar-refractivity contribution in [1.29, 1.82) is 0 Å². The fourth-order valence-corrected chi connectivity index (χ4v) is 3.20. The smallest absolute Gasteiger partial charge is 0.317 e. The van der Waals surface area contributed by atoms with Gasteiger partial charge in [-0.2, -0.15) is 0 Å². The first-order valence-corrected chi connectivity index (χ1v) is 8.74. The molecule has 0 saturated carbocycles. The minimum atomic E-state index is -0.441. The molecule has 2 fully saturated rings. The first-order chi connectivity index (χ1) is 11.7. The predicted molar refractivity (Wildman–Crippen MR) is 90.2 cm³/mol. The number of hydrogen-bond donors (Lipinski definition) is 1. The third-order valence-electron chi connectivity index (χ3n) is 4.62. The first kappa shape index (κ1) is 17.0. The Balaban J connectivity index is 1.37. The highest BCUT2D eigenvalue weighted by Gasteiger charge is 2.40. The second-order valence-corrected chi connectivity index (χ2v) is 6.14. The molecule has 0 unspecified atom stereocenters. The minimum absolute atomic E-state index is 0.0461. The van der Waals surface area contributed by atoms with Crippen molar-refractivity contribution in [2.24, 2.45) is 0 Å². The Labute approximate surface area is 143 Å². The molecule has 1 N–H and O–H groups in total. The number of likely N-dealkylation sites (tertiary alicyclic amines) is 1. The molecule has 132 valence electrons. The van der Waals surface area contributed by atoms with Crippen molar-refractivity contribution in [2.45, 2.75) is 32.0 Å². The second-order valence-electron chi connectivity index (χ2n) is 6.14. The summed E-state index contributed by atoms with van der Waals surface area (Å²) in [5, 5.41) is 2.92. The number of nitrogens with zero attached hydrogens (tertiary/aromatic N) is 1. The molecule has 2 aliphatic heterocycles. The summed E-state index contributed by atoms with van der Waals surface area (Å²) in [6.07, 6.45) is 2.41. The van der Waals surface area contributed by atoms with Gasteiger partial charge in [0.1, 0.15) is 12.4 Å². The summed E-state index contributed by atoms with van der Waals surface area (Å²) in [6.45, 7) is 5.69. The van der Waals surface area contributed by atoms with E-state index in [2.05, 4.69) is 18.3 Å². The van der Waals surface area contributed by atoms with E-state index in [1.807, 2.05) is 23.1 Å². The standard InChI is InChI=1S/C18H26N2O4/c1-2-15-5-3-4-6-16(15)22-12-9-19-17(21)20-10-7-18(8-11-20)23-13-14-24-18/h3-6H,2,7-14H2,1H3,(H,19,21). The van der Waals surface area contributed by atoms with Crippen molar-refractivity contribution in [2.75, 3.05) is 39.5 Å². The van der Waals surface area contributed by atoms with Crippen LogP contribution in [0.2, 0.25) is 0 Å². The molecule has 2 saturated heterocycles. The van der Waals surface area contributed by atoms with E-state index >= 15 is 0 Å². The van der Waals surface area contributed by atoms with Gasteiger partial charge in [-0.25, -0.2) is 4.79 Å². The van der Waals surface area contributed by atoms with Gasteiger partial charge in [-0.15, -0.1) is 0 Å². The molecule has 6 nitrogen and oxygen atoms in total. The molecule has 1 aromatic carbocycles. The number of hydrogen-bond acceptors (Lipinski definition) is 4. The average molecular weight is 334 g/mol. The van der Waals surface area contributed by atoms with Crippen LogP contribution in [0.15, 0.2) is 24.3 Å². The zero-order valence-corrected chi connectivity index (χ0v) is 14.3. The fourth-order valence-electron chi connectivity index (χ4n) is 3.20. The Morgan fingerprint density at radius 1 is 1.25 bits per heavy atom. The van der Waals surface area contributed by atoms with Gasteiger partial charge in [-0.1, -0.05) is 25.1 Å². The van der Waals surface area contributed by atoms with E-state index in [0.717, 1.165) is 25.0 Å². The predicted octanol–water partition coefficient (Wildman–Crippen LogP) is 2.18. The molecule has 1 aromatic rings. The van der Waals surface area contributed by atoms with E-state index < -0.39 is 5.79 Å². The van der Waals surface area contributed by atoms with Gasteiger partial charge in [-0.05, 0) is 18.1 Å². The lowest BCUT2D eigenvalue weighted by atomic mass is 10.0. The molecule has 0 aliphatic carbocycles. The van der Waals surface area contributed by atoms with Crippen LogP contribution in [0.3, 0.4) is 0 Å². The first-order valence-electron chi connectivity index (χ1n) is 8.74. The number of nitrogens with one attached hydrogen (secondary N) is 1. The second kappa shape index (κ2) is 7.85. The van der Waals surface area contributed by atoms with Crippen molar-refractivity contribution < 1.29 is 19.0 Å². The topological polar surface area (TPSA) is 60.0 Å². The molecule has 0 radical (unpaired) electrons. The number of urea groups is 1. The Morgan fingerprint density at radius 2 is 1.96 bits per heavy atom. The van der Waals surface area contributed by atoms with Gasteiger partial charge in [0.05, 0.1) is 19.8 Å². The molecule has 0 bridgehead atoms. The van der Waals surface area contributed by atoms with Crippen LogP contribution in [-0.4, -0.2) is 56.2 Å². The summed E-state index contributed by atoms with van der Waals surface area (Å²) in [6, 6.07) is 7.95. The molecule has 6 heteroatoms. The van der Waals surface area contributed by atoms with Crippen LogP contribution >= 0.6 is 0 Å². The van der Waals surface area contributed by atoms with E-state index in [4.69, 9.17) is 14.2 Å². The van der Waals surface area contributed by atoms with Gasteiger partial charge in [-0.3, -0.25) is 0 Å². The number of piperidine rings is 1. The molecule has 3 rings (SSSR count). The highest BCUT2D eigenvalue weighted by atomic mass is 16.7. The molecule has 2 aliphatic rings. The number of carbonyl (C=O) groups excluding carboxylic acids is 1. The van der Waals surface area contributed by atoms with Crippen molar-refractivity contribution in [3.8, 4) is 5.75 Å². The molecule has 24 heavy (non-hydrogen) atoms. The summed E-state index contributed by atoms with van der Waals surface area (Å²) >= 11 is 0. The highest BCUT2D eigenvalue weighted by molar-refractivity contribution is 5.74. The largest absolute Gasteiger partial charge is 0.491 e. The third kappa shape index (κ3) is 3.99. The van der Waals surface area contributed by atoms with E-state index in [-0.39, 0.29) is 6.03 Å². The quantitative estimate of drug-likeness (QED) is 0.839. The molecule has 0 aromatic heterocycles. The van der Waals surface area contributed by atoms with Crippen LogP contribution in [-0.2, 0) is 15.9 Å². The number of carbonyl (C=O) groups is 1. The average Bonchev–Trinajstić information content (AvgIpc) is 3.07. The molecule has 1 spiro atoms. The van der Waals surface area contributed by atoms with Crippen molar-refractivity contribution in [1.82, 2.24) is 10.2 Å². The van der Waals surface area contributed by atoms with E-state index in [1.165, 1.54) is 5.56 Å². The molecule has 2 amide bonds. The van der Waals surface area contributed by atoms with Crippen LogP contribution in [0.5, 0.6) is 5.75 Å². The van der Waals surface area contributed by atoms with Gasteiger partial charge in [0.2, 0.25) is 0 Å². The number of para-hydroxylation sites is 1. The van der Waals surface area contributed by atoms with Crippen molar-refractivity contribution in [3.05, 3.63) is 29.8 Å². The van der Waals surface area contributed by atoms with Crippen LogP contribution in [0.4, 0.5) is 4.79 Å². The van der Waals surface area contributed by atoms with Crippen molar-refractivity contribution >= 4 is 6.03 Å². The maximum absolute atomic E-state index is 12.2. The Hall–Kier alpha value is -1.79. The van der Waals surface area contributed by atoms with Crippen LogP contribution < -0.4 is 10.1 Å². The van der Waals surface area contributed by atoms with Gasteiger partial charge in [0, 0.05) is 25.9 Å². The zero-order valence-electron chi connectivity index (χ0n) is 14.3. The monoisotopic (exact) mass is 334 g/mol. The van der Waals surface area contributed by atoms with Gasteiger partial charge < -0.3 is 24.4 Å². The Bertz CT molecular complexity index is 548. The van der Waals surface area contributed by atoms with Crippen LogP contribution in [0.1, 0.15) is 25.3 Å². The van der Waals surface area contributed by atoms with Gasteiger partial charge in [0.15, 0.2) is 5.79 Å². The lowest BCUT2D eigenvalue weighted by molar-refractivity contribution is -0.181. The van der Waals surface area contributed by atoms with Crippen molar-refractivity contribution in [3.63, 3.8) is 0 Å². The van der Waals surface area contributed by atoms with E-state index in [0.29, 0.717) is 39.5 Å². The minimum Gasteiger partial charge on any atom is -0.491 e. The maximum atomic E-state index is 12.2. The maximum Gasteiger partial charge on any atom is 0.317 e. The van der Waals surface area contributed by atoms with E-state index in [9.17, 15) is 4.79 Å². The molecular formula is C18H26N2O4. The lowest BCUT2D eigenvalue weighted by Crippen LogP contribution is -2.50. The summed E-state index contributed by atoms with van der Waals surface area (Å²) in [7, 11) is 0. The number of aryl methyl sites for hydroxylation is 1. The molecule has 0 atom stereocenters. The number of ether oxygens (including phenoxy) is 3.